The molecule has 2 heterocycles. The van der Waals surface area contributed by atoms with Gasteiger partial charge in [-0.25, -0.2) is 4.79 Å². The molecule has 1 aromatic carbocycles. The van der Waals surface area contributed by atoms with Crippen LogP contribution in [0.5, 0.6) is 0 Å². The molecule has 1 aromatic heterocycles. The molecular weight excluding hydrogens is 334 g/mol. The smallest absolute Gasteiger partial charge is 0.319 e. The Morgan fingerprint density at radius 3 is 2.52 bits per heavy atom. The number of urea groups is 1. The number of hydrogen-bond donors (Lipinski definition) is 2. The zero-order chi connectivity index (χ0) is 17.8. The molecule has 2 aromatic rings. The van der Waals surface area contributed by atoms with Gasteiger partial charge in [-0.1, -0.05) is 0 Å². The maximum Gasteiger partial charge on any atom is 0.319 e. The lowest BCUT2D eigenvalue weighted by Gasteiger charge is -2.16. The summed E-state index contributed by atoms with van der Waals surface area (Å²) in [6.07, 6.45) is 2.16. The van der Waals surface area contributed by atoms with E-state index in [2.05, 4.69) is 10.6 Å². The number of thiophene rings is 1. The van der Waals surface area contributed by atoms with Crippen molar-refractivity contribution in [3.8, 4) is 0 Å². The van der Waals surface area contributed by atoms with Crippen LogP contribution >= 0.6 is 11.3 Å². The number of nitrogens with zero attached hydrogens (tertiary/aromatic N) is 1. The third-order valence-electron chi connectivity index (χ3n) is 4.33. The summed E-state index contributed by atoms with van der Waals surface area (Å²) < 4.78 is 0. The zero-order valence-corrected chi connectivity index (χ0v) is 15.4. The van der Waals surface area contributed by atoms with Crippen molar-refractivity contribution in [2.24, 2.45) is 0 Å². The third-order valence-corrected chi connectivity index (χ3v) is 5.33. The van der Waals surface area contributed by atoms with E-state index in [1.54, 1.807) is 23.5 Å². The molecule has 1 aliphatic heterocycles. The summed E-state index contributed by atoms with van der Waals surface area (Å²) in [5.41, 5.74) is 2.28. The number of nitrogens with one attached hydrogen (secondary N) is 2. The summed E-state index contributed by atoms with van der Waals surface area (Å²) >= 11 is 1.67. The standard InChI is InChI=1S/C19H23N3O2S/c1-13-11-15(18(23)22-9-3-4-10-22)6-8-17(13)21-19(24)20-12-16-7-5-14(2)25-16/h5-8,11H,3-4,9-10,12H2,1-2H3,(H2,20,21,24). The highest BCUT2D eigenvalue weighted by Crippen LogP contribution is 2.20. The highest BCUT2D eigenvalue weighted by Gasteiger charge is 2.20. The highest BCUT2D eigenvalue weighted by molar-refractivity contribution is 7.11. The first-order chi connectivity index (χ1) is 12.0. The van der Waals surface area contributed by atoms with Crippen LogP contribution in [-0.4, -0.2) is 29.9 Å². The number of carbonyl (C=O) groups is 2. The van der Waals surface area contributed by atoms with Crippen molar-refractivity contribution in [1.82, 2.24) is 10.2 Å². The van der Waals surface area contributed by atoms with Crippen LogP contribution in [0.25, 0.3) is 0 Å². The minimum absolute atomic E-state index is 0.0738. The Kier molecular flexibility index (Phi) is 5.38. The largest absolute Gasteiger partial charge is 0.339 e. The van der Waals surface area contributed by atoms with Gasteiger partial charge >= 0.3 is 6.03 Å². The number of amides is 3. The molecule has 1 fully saturated rings. The van der Waals surface area contributed by atoms with Crippen LogP contribution in [0.3, 0.4) is 0 Å². The summed E-state index contributed by atoms with van der Waals surface area (Å²) in [5, 5.41) is 5.71. The van der Waals surface area contributed by atoms with Crippen LogP contribution in [0.4, 0.5) is 10.5 Å². The van der Waals surface area contributed by atoms with Gasteiger partial charge in [0.05, 0.1) is 6.54 Å². The lowest BCUT2D eigenvalue weighted by atomic mass is 10.1. The Bertz CT molecular complexity index is 779. The predicted molar refractivity (Wildman–Crippen MR) is 101 cm³/mol. The van der Waals surface area contributed by atoms with Gasteiger partial charge in [0.2, 0.25) is 0 Å². The number of aryl methyl sites for hydroxylation is 2. The van der Waals surface area contributed by atoms with Gasteiger partial charge in [0.1, 0.15) is 0 Å². The molecule has 0 atom stereocenters. The van der Waals surface area contributed by atoms with E-state index in [1.165, 1.54) is 4.88 Å². The SMILES string of the molecule is Cc1ccc(CNC(=O)Nc2ccc(C(=O)N3CCCC3)cc2C)s1. The molecule has 0 aliphatic carbocycles. The molecule has 1 saturated heterocycles. The molecule has 0 radical (unpaired) electrons. The molecular formula is C19H23N3O2S. The molecule has 25 heavy (non-hydrogen) atoms. The first kappa shape index (κ1) is 17.5. The Balaban J connectivity index is 1.58. The average Bonchev–Trinajstić information content (AvgIpc) is 3.26. The van der Waals surface area contributed by atoms with E-state index in [0.717, 1.165) is 42.1 Å². The molecule has 0 bridgehead atoms. The van der Waals surface area contributed by atoms with E-state index in [0.29, 0.717) is 12.1 Å². The van der Waals surface area contributed by atoms with E-state index >= 15 is 0 Å². The fraction of sp³-hybridized carbons (Fsp3) is 0.368. The normalized spacial score (nSPS) is 13.8. The molecule has 0 spiro atoms. The zero-order valence-electron chi connectivity index (χ0n) is 14.6. The topological polar surface area (TPSA) is 61.4 Å². The Hall–Kier alpha value is -2.34. The molecule has 3 amide bonds. The minimum Gasteiger partial charge on any atom is -0.339 e. The second-order valence-corrected chi connectivity index (χ2v) is 7.72. The Morgan fingerprint density at radius 2 is 1.88 bits per heavy atom. The van der Waals surface area contributed by atoms with E-state index < -0.39 is 0 Å². The maximum absolute atomic E-state index is 12.4. The van der Waals surface area contributed by atoms with E-state index in [-0.39, 0.29) is 11.9 Å². The van der Waals surface area contributed by atoms with Crippen LogP contribution in [0.15, 0.2) is 30.3 Å². The number of carbonyl (C=O) groups excluding carboxylic acids is 2. The average molecular weight is 357 g/mol. The van der Waals surface area contributed by atoms with E-state index in [1.807, 2.05) is 36.9 Å². The molecule has 2 N–H and O–H groups in total. The van der Waals surface area contributed by atoms with Gasteiger partial charge in [-0.3, -0.25) is 4.79 Å². The van der Waals surface area contributed by atoms with E-state index in [4.69, 9.17) is 0 Å². The summed E-state index contributed by atoms with van der Waals surface area (Å²) in [7, 11) is 0. The van der Waals surface area contributed by atoms with Crippen molar-refractivity contribution in [1.29, 1.82) is 0 Å². The van der Waals surface area contributed by atoms with Crippen molar-refractivity contribution < 1.29 is 9.59 Å². The summed E-state index contributed by atoms with van der Waals surface area (Å²) in [4.78, 5) is 28.7. The van der Waals surface area contributed by atoms with Crippen LogP contribution in [0.1, 0.15) is 38.5 Å². The van der Waals surface area contributed by atoms with Crippen LogP contribution in [-0.2, 0) is 6.54 Å². The number of benzene rings is 1. The first-order valence-electron chi connectivity index (χ1n) is 8.53. The van der Waals surface area contributed by atoms with E-state index in [9.17, 15) is 9.59 Å². The molecule has 0 saturated carbocycles. The Labute approximate surface area is 152 Å². The molecule has 1 aliphatic rings. The van der Waals surface area contributed by atoms with Crippen molar-refractivity contribution in [2.45, 2.75) is 33.2 Å². The second-order valence-electron chi connectivity index (χ2n) is 6.35. The van der Waals surface area contributed by atoms with Gasteiger partial charge in [0, 0.05) is 34.1 Å². The minimum atomic E-state index is -0.243. The lowest BCUT2D eigenvalue weighted by Crippen LogP contribution is -2.29. The predicted octanol–water partition coefficient (Wildman–Crippen LogP) is 3.92. The monoisotopic (exact) mass is 357 g/mol. The van der Waals surface area contributed by atoms with Crippen LogP contribution in [0.2, 0.25) is 0 Å². The quantitative estimate of drug-likeness (QED) is 0.871. The third kappa shape index (κ3) is 4.39. The van der Waals surface area contributed by atoms with Gasteiger partial charge < -0.3 is 15.5 Å². The molecule has 6 heteroatoms. The highest BCUT2D eigenvalue weighted by atomic mass is 32.1. The number of rotatable bonds is 4. The summed E-state index contributed by atoms with van der Waals surface area (Å²) in [6, 6.07) is 9.25. The van der Waals surface area contributed by atoms with Crippen LogP contribution in [0, 0.1) is 13.8 Å². The molecule has 0 unspecified atom stereocenters. The van der Waals surface area contributed by atoms with Gasteiger partial charge in [-0.05, 0) is 62.6 Å². The fourth-order valence-corrected chi connectivity index (χ4v) is 3.78. The van der Waals surface area contributed by atoms with Crippen LogP contribution < -0.4 is 10.6 Å². The van der Waals surface area contributed by atoms with Crippen molar-refractivity contribution in [3.63, 3.8) is 0 Å². The molecule has 5 nitrogen and oxygen atoms in total. The summed E-state index contributed by atoms with van der Waals surface area (Å²) in [5.74, 6) is 0.0738. The fourth-order valence-electron chi connectivity index (χ4n) is 2.95. The molecule has 132 valence electrons. The van der Waals surface area contributed by atoms with Gasteiger partial charge in [-0.15, -0.1) is 11.3 Å². The number of hydrogen-bond acceptors (Lipinski definition) is 3. The summed E-state index contributed by atoms with van der Waals surface area (Å²) in [6.45, 7) is 6.13. The van der Waals surface area contributed by atoms with Crippen molar-refractivity contribution >= 4 is 29.0 Å². The second kappa shape index (κ2) is 7.70. The first-order valence-corrected chi connectivity index (χ1v) is 9.34. The van der Waals surface area contributed by atoms with Gasteiger partial charge in [0.15, 0.2) is 0 Å². The van der Waals surface area contributed by atoms with Gasteiger partial charge in [0.25, 0.3) is 5.91 Å². The Morgan fingerprint density at radius 1 is 1.12 bits per heavy atom. The van der Waals surface area contributed by atoms with Crippen molar-refractivity contribution in [3.05, 3.63) is 51.2 Å². The number of likely N-dealkylation sites (tertiary alicyclic amines) is 1. The lowest BCUT2D eigenvalue weighted by molar-refractivity contribution is 0.0792. The number of anilines is 1. The maximum atomic E-state index is 12.4. The van der Waals surface area contributed by atoms with Gasteiger partial charge in [-0.2, -0.15) is 0 Å². The molecule has 3 rings (SSSR count). The van der Waals surface area contributed by atoms with Crippen molar-refractivity contribution in [2.75, 3.05) is 18.4 Å².